The zero-order valence-electron chi connectivity index (χ0n) is 7.68. The van der Waals surface area contributed by atoms with Gasteiger partial charge in [-0.05, 0) is 26.6 Å². The number of ether oxygens (including phenoxy) is 1. The van der Waals surface area contributed by atoms with Gasteiger partial charge in [0.15, 0.2) is 0 Å². The normalized spacial score (nSPS) is 14.2. The van der Waals surface area contributed by atoms with E-state index in [-0.39, 0.29) is 0 Å². The molecule has 10 heavy (non-hydrogen) atoms. The summed E-state index contributed by atoms with van der Waals surface area (Å²) in [5.41, 5.74) is 0. The molecule has 0 heterocycles. The van der Waals surface area contributed by atoms with Gasteiger partial charge in [-0.2, -0.15) is 0 Å². The number of hydrogen-bond donors (Lipinski definition) is 0. The largest absolute Gasteiger partial charge is 0.376 e. The summed E-state index contributed by atoms with van der Waals surface area (Å²) >= 11 is 0. The number of hydrogen-bond acceptors (Lipinski definition) is 2. The van der Waals surface area contributed by atoms with Crippen molar-refractivity contribution in [2.45, 2.75) is 0 Å². The molecule has 0 bridgehead atoms. The molecule has 64 valence electrons. The average molecular weight is 165 g/mol. The summed E-state index contributed by atoms with van der Waals surface area (Å²) in [7, 11) is 5.44. The Labute approximate surface area is 65.9 Å². The van der Waals surface area contributed by atoms with E-state index in [4.69, 9.17) is 4.74 Å². The molecule has 0 amide bonds. The number of methoxy groups -OCH3 is 1. The Morgan fingerprint density at radius 2 is 1.80 bits per heavy atom. The van der Waals surface area contributed by atoms with Gasteiger partial charge < -0.3 is 9.64 Å². The molecule has 0 atom stereocenters. The van der Waals surface area contributed by atoms with E-state index in [9.17, 15) is 0 Å². The van der Waals surface area contributed by atoms with Crippen LogP contribution in [0.3, 0.4) is 0 Å². The van der Waals surface area contributed by atoms with Crippen LogP contribution in [0.25, 0.3) is 0 Å². The smallest absolute Gasteiger partial charge is 0.0772 e. The second kappa shape index (κ2) is 4.21. The Morgan fingerprint density at radius 1 is 1.30 bits per heavy atom. The lowest BCUT2D eigenvalue weighted by Crippen LogP contribution is -2.20. The van der Waals surface area contributed by atoms with Crippen molar-refractivity contribution in [3.8, 4) is 0 Å². The zero-order valence-corrected chi connectivity index (χ0v) is 8.49. The van der Waals surface area contributed by atoms with Gasteiger partial charge in [-0.3, -0.25) is 0 Å². The van der Waals surface area contributed by atoms with Crippen LogP contribution < -0.4 is 0 Å². The predicted octanol–water partition coefficient (Wildman–Crippen LogP) is 1.17. The first kappa shape index (κ1) is 10.3. The van der Waals surface area contributed by atoms with Crippen molar-refractivity contribution in [2.24, 2.45) is 0 Å². The highest BCUT2D eigenvalue weighted by molar-refractivity contribution is 8.32. The van der Waals surface area contributed by atoms with Crippen molar-refractivity contribution in [1.82, 2.24) is 4.90 Å². The van der Waals surface area contributed by atoms with Crippen molar-refractivity contribution in [3.63, 3.8) is 0 Å². The van der Waals surface area contributed by atoms with E-state index in [1.807, 2.05) is 0 Å². The Bertz CT molecular complexity index is 93.6. The van der Waals surface area contributed by atoms with Crippen LogP contribution in [0.2, 0.25) is 0 Å². The third-order valence-corrected chi connectivity index (χ3v) is 3.13. The van der Waals surface area contributed by atoms with Crippen LogP contribution in [0.15, 0.2) is 0 Å². The molecule has 0 radical (unpaired) electrons. The molecule has 3 heteroatoms. The van der Waals surface area contributed by atoms with Gasteiger partial charge in [0.1, 0.15) is 0 Å². The Balaban J connectivity index is 3.63. The standard InChI is InChI=1S/C7H19NOS/c1-8(2)6-10(4,5)7-9-3/h6-7H2,1-5H3. The maximum absolute atomic E-state index is 5.12. The van der Waals surface area contributed by atoms with Gasteiger partial charge in [0.05, 0.1) is 5.94 Å². The summed E-state index contributed by atoms with van der Waals surface area (Å²) in [5.74, 6) is 2.06. The molecule has 0 aromatic rings. The molecule has 0 aliphatic carbocycles. The first-order chi connectivity index (χ1) is 4.48. The van der Waals surface area contributed by atoms with Gasteiger partial charge in [0.25, 0.3) is 0 Å². The van der Waals surface area contributed by atoms with Crippen LogP contribution in [0.5, 0.6) is 0 Å². The summed E-state index contributed by atoms with van der Waals surface area (Å²) in [5, 5.41) is 0. The van der Waals surface area contributed by atoms with Crippen molar-refractivity contribution in [2.75, 3.05) is 45.5 Å². The quantitative estimate of drug-likeness (QED) is 0.620. The van der Waals surface area contributed by atoms with E-state index < -0.39 is 10.0 Å². The molecule has 0 saturated heterocycles. The lowest BCUT2D eigenvalue weighted by atomic mass is 11.0. The maximum Gasteiger partial charge on any atom is 0.0772 e. The maximum atomic E-state index is 5.12. The van der Waals surface area contributed by atoms with Gasteiger partial charge >= 0.3 is 0 Å². The molecule has 0 fully saturated rings. The summed E-state index contributed by atoms with van der Waals surface area (Å²) in [6, 6.07) is 0. The van der Waals surface area contributed by atoms with Crippen LogP contribution in [0.1, 0.15) is 0 Å². The molecular formula is C7H19NOS. The zero-order chi connectivity index (χ0) is 8.20. The topological polar surface area (TPSA) is 12.5 Å². The fourth-order valence-electron chi connectivity index (χ4n) is 1.06. The fourth-order valence-corrected chi connectivity index (χ4v) is 3.17. The average Bonchev–Trinajstić information content (AvgIpc) is 1.59. The molecular weight excluding hydrogens is 146 g/mol. The van der Waals surface area contributed by atoms with Crippen molar-refractivity contribution >= 4 is 10.0 Å². The highest BCUT2D eigenvalue weighted by Gasteiger charge is 2.11. The van der Waals surface area contributed by atoms with Gasteiger partial charge in [-0.1, -0.05) is 0 Å². The Hall–Kier alpha value is 0.270. The highest BCUT2D eigenvalue weighted by Crippen LogP contribution is 2.39. The molecule has 0 saturated carbocycles. The van der Waals surface area contributed by atoms with Crippen LogP contribution in [0.4, 0.5) is 0 Å². The molecule has 0 aliphatic heterocycles. The van der Waals surface area contributed by atoms with Crippen LogP contribution in [-0.4, -0.2) is 50.4 Å². The Kier molecular flexibility index (Phi) is 4.32. The van der Waals surface area contributed by atoms with E-state index in [2.05, 4.69) is 31.5 Å². The van der Waals surface area contributed by atoms with E-state index in [0.717, 1.165) is 11.8 Å². The van der Waals surface area contributed by atoms with Crippen molar-refractivity contribution in [3.05, 3.63) is 0 Å². The molecule has 0 aromatic carbocycles. The second-order valence-corrected chi connectivity index (χ2v) is 7.41. The lowest BCUT2D eigenvalue weighted by molar-refractivity contribution is 0.255. The fraction of sp³-hybridized carbons (Fsp3) is 1.00. The SMILES string of the molecule is COCS(C)(C)CN(C)C. The minimum Gasteiger partial charge on any atom is -0.376 e. The van der Waals surface area contributed by atoms with Gasteiger partial charge in [0, 0.05) is 13.0 Å². The number of nitrogens with zero attached hydrogens (tertiary/aromatic N) is 1. The molecule has 0 unspecified atom stereocenters. The molecule has 0 aromatic heterocycles. The third-order valence-electron chi connectivity index (χ3n) is 1.04. The number of rotatable bonds is 4. The van der Waals surface area contributed by atoms with Crippen molar-refractivity contribution < 1.29 is 4.74 Å². The summed E-state index contributed by atoms with van der Waals surface area (Å²) in [6.07, 6.45) is 4.58. The van der Waals surface area contributed by atoms with Crippen LogP contribution in [0, 0.1) is 0 Å². The first-order valence-corrected chi connectivity index (χ1v) is 6.09. The van der Waals surface area contributed by atoms with Crippen LogP contribution >= 0.6 is 10.0 Å². The van der Waals surface area contributed by atoms with Gasteiger partial charge in [0.2, 0.25) is 0 Å². The van der Waals surface area contributed by atoms with E-state index >= 15 is 0 Å². The second-order valence-electron chi connectivity index (χ2n) is 3.38. The lowest BCUT2D eigenvalue weighted by Gasteiger charge is -2.32. The minimum absolute atomic E-state index is 0.527. The molecule has 0 aliphatic rings. The third kappa shape index (κ3) is 5.09. The van der Waals surface area contributed by atoms with Crippen LogP contribution in [-0.2, 0) is 4.74 Å². The van der Waals surface area contributed by atoms with Crippen molar-refractivity contribution in [1.29, 1.82) is 0 Å². The monoisotopic (exact) mass is 165 g/mol. The minimum atomic E-state index is -0.527. The summed E-state index contributed by atoms with van der Waals surface area (Å²) < 4.78 is 5.12. The van der Waals surface area contributed by atoms with Gasteiger partial charge in [-0.25, -0.2) is 10.0 Å². The molecule has 0 N–H and O–H groups in total. The van der Waals surface area contributed by atoms with Gasteiger partial charge in [-0.15, -0.1) is 0 Å². The van der Waals surface area contributed by atoms with E-state index in [1.165, 1.54) is 0 Å². The Morgan fingerprint density at radius 3 is 2.10 bits per heavy atom. The molecule has 2 nitrogen and oxygen atoms in total. The predicted molar refractivity (Wildman–Crippen MR) is 49.9 cm³/mol. The molecule has 0 rings (SSSR count). The highest BCUT2D eigenvalue weighted by atomic mass is 32.3. The molecule has 0 spiro atoms. The first-order valence-electron chi connectivity index (χ1n) is 3.30. The summed E-state index contributed by atoms with van der Waals surface area (Å²) in [6.45, 7) is 0. The van der Waals surface area contributed by atoms with E-state index in [1.54, 1.807) is 7.11 Å². The summed E-state index contributed by atoms with van der Waals surface area (Å²) in [4.78, 5) is 2.22. The van der Waals surface area contributed by atoms with E-state index in [0.29, 0.717) is 0 Å².